The van der Waals surface area contributed by atoms with Crippen molar-refractivity contribution in [1.29, 1.82) is 0 Å². The molecular formula is C10H20N2O3. The summed E-state index contributed by atoms with van der Waals surface area (Å²) in [5.74, 6) is -0.219. The van der Waals surface area contributed by atoms with Crippen molar-refractivity contribution in [3.8, 4) is 0 Å². The van der Waals surface area contributed by atoms with Crippen molar-refractivity contribution in [2.75, 3.05) is 6.54 Å². The highest BCUT2D eigenvalue weighted by molar-refractivity contribution is 5.85. The minimum Gasteiger partial charge on any atom is -0.444 e. The Labute approximate surface area is 90.6 Å². The molecule has 0 spiro atoms. The Morgan fingerprint density at radius 3 is 2.27 bits per heavy atom. The average Bonchev–Trinajstić information content (AvgIpc) is 2.00. The van der Waals surface area contributed by atoms with Crippen molar-refractivity contribution in [3.05, 3.63) is 0 Å². The van der Waals surface area contributed by atoms with Gasteiger partial charge >= 0.3 is 6.09 Å². The van der Waals surface area contributed by atoms with E-state index in [1.807, 2.05) is 6.92 Å². The zero-order valence-electron chi connectivity index (χ0n) is 10.0. The molecule has 0 bridgehead atoms. The van der Waals surface area contributed by atoms with Gasteiger partial charge < -0.3 is 15.4 Å². The molecule has 0 saturated heterocycles. The number of rotatable bonds is 3. The minimum atomic E-state index is -0.584. The lowest BCUT2D eigenvalue weighted by molar-refractivity contribution is -0.122. The molecule has 0 aliphatic rings. The Bertz CT molecular complexity index is 233. The number of hydrogen-bond acceptors (Lipinski definition) is 3. The van der Waals surface area contributed by atoms with Crippen LogP contribution in [0.4, 0.5) is 4.79 Å². The standard InChI is InChI=1S/C10H20N2O3/c1-6-11-8(13)7(2)12-9(14)15-10(3,4)5/h7H,6H2,1-5H3,(H,11,13)(H,12,14)/t7-/m0/s1. The van der Waals surface area contributed by atoms with Crippen LogP contribution in [0.2, 0.25) is 0 Å². The van der Waals surface area contributed by atoms with Gasteiger partial charge in [0.25, 0.3) is 0 Å². The molecule has 0 aliphatic heterocycles. The third-order valence-electron chi connectivity index (χ3n) is 1.48. The summed E-state index contributed by atoms with van der Waals surface area (Å²) in [5, 5.41) is 5.05. The predicted molar refractivity (Wildman–Crippen MR) is 57.5 cm³/mol. The van der Waals surface area contributed by atoms with Crippen LogP contribution in [0, 0.1) is 0 Å². The quantitative estimate of drug-likeness (QED) is 0.740. The molecule has 1 atom stereocenters. The molecule has 0 saturated carbocycles. The zero-order valence-corrected chi connectivity index (χ0v) is 10.0. The van der Waals surface area contributed by atoms with Crippen LogP contribution < -0.4 is 10.6 Å². The molecule has 2 amide bonds. The Kier molecular flexibility index (Phi) is 5.11. The van der Waals surface area contributed by atoms with Gasteiger partial charge in [-0.05, 0) is 34.6 Å². The summed E-state index contributed by atoms with van der Waals surface area (Å²) in [6, 6.07) is -0.584. The second-order valence-electron chi connectivity index (χ2n) is 4.26. The van der Waals surface area contributed by atoms with E-state index in [9.17, 15) is 9.59 Å². The molecule has 0 aliphatic carbocycles. The Morgan fingerprint density at radius 1 is 1.33 bits per heavy atom. The molecule has 0 fully saturated rings. The maximum absolute atomic E-state index is 11.3. The SMILES string of the molecule is CCNC(=O)[C@H](C)NC(=O)OC(C)(C)C. The number of carbonyl (C=O) groups excluding carboxylic acids is 2. The van der Waals surface area contributed by atoms with Crippen molar-refractivity contribution in [1.82, 2.24) is 10.6 Å². The fourth-order valence-corrected chi connectivity index (χ4v) is 0.877. The molecule has 15 heavy (non-hydrogen) atoms. The molecule has 0 heterocycles. The smallest absolute Gasteiger partial charge is 0.408 e. The van der Waals surface area contributed by atoms with Crippen LogP contribution in [0.3, 0.4) is 0 Å². The summed E-state index contributed by atoms with van der Waals surface area (Å²) in [4.78, 5) is 22.5. The molecule has 0 radical (unpaired) electrons. The van der Waals surface area contributed by atoms with Crippen molar-refractivity contribution >= 4 is 12.0 Å². The predicted octanol–water partition coefficient (Wildman–Crippen LogP) is 1.04. The highest BCUT2D eigenvalue weighted by Gasteiger charge is 2.20. The first-order valence-electron chi connectivity index (χ1n) is 5.03. The van der Waals surface area contributed by atoms with E-state index in [4.69, 9.17) is 4.74 Å². The van der Waals surface area contributed by atoms with Crippen LogP contribution in [0.25, 0.3) is 0 Å². The summed E-state index contributed by atoms with van der Waals surface area (Å²) >= 11 is 0. The third kappa shape index (κ3) is 6.76. The molecule has 5 nitrogen and oxygen atoms in total. The summed E-state index contributed by atoms with van der Waals surface area (Å²) in [6.07, 6.45) is -0.582. The van der Waals surface area contributed by atoms with E-state index in [2.05, 4.69) is 10.6 Å². The van der Waals surface area contributed by atoms with Crippen LogP contribution in [0.1, 0.15) is 34.6 Å². The highest BCUT2D eigenvalue weighted by Crippen LogP contribution is 2.06. The molecule has 0 unspecified atom stereocenters. The Balaban J connectivity index is 4.02. The maximum Gasteiger partial charge on any atom is 0.408 e. The second-order valence-corrected chi connectivity index (χ2v) is 4.26. The first-order chi connectivity index (χ1) is 6.76. The van der Waals surface area contributed by atoms with Gasteiger partial charge in [0.2, 0.25) is 5.91 Å². The lowest BCUT2D eigenvalue weighted by atomic mass is 10.2. The van der Waals surface area contributed by atoms with Gasteiger partial charge in [0.15, 0.2) is 0 Å². The van der Waals surface area contributed by atoms with Gasteiger partial charge in [0.1, 0.15) is 11.6 Å². The van der Waals surface area contributed by atoms with E-state index in [0.717, 1.165) is 0 Å². The number of alkyl carbamates (subject to hydrolysis) is 1. The third-order valence-corrected chi connectivity index (χ3v) is 1.48. The van der Waals surface area contributed by atoms with Gasteiger partial charge in [0, 0.05) is 6.54 Å². The van der Waals surface area contributed by atoms with Crippen molar-refractivity contribution in [2.45, 2.75) is 46.3 Å². The van der Waals surface area contributed by atoms with Crippen LogP contribution in [0.15, 0.2) is 0 Å². The van der Waals surface area contributed by atoms with Crippen LogP contribution in [-0.4, -0.2) is 30.2 Å². The second kappa shape index (κ2) is 5.58. The fourth-order valence-electron chi connectivity index (χ4n) is 0.877. The van der Waals surface area contributed by atoms with Gasteiger partial charge in [0.05, 0.1) is 0 Å². The fraction of sp³-hybridized carbons (Fsp3) is 0.800. The molecule has 5 heteroatoms. The first kappa shape index (κ1) is 13.7. The van der Waals surface area contributed by atoms with Gasteiger partial charge in [-0.15, -0.1) is 0 Å². The molecule has 0 rings (SSSR count). The lowest BCUT2D eigenvalue weighted by Crippen LogP contribution is -2.46. The van der Waals surface area contributed by atoms with Crippen LogP contribution >= 0.6 is 0 Å². The van der Waals surface area contributed by atoms with Gasteiger partial charge in [-0.1, -0.05) is 0 Å². The maximum atomic E-state index is 11.3. The minimum absolute atomic E-state index is 0.219. The molecule has 0 aromatic rings. The number of nitrogens with one attached hydrogen (secondary N) is 2. The molecule has 0 aromatic carbocycles. The van der Waals surface area contributed by atoms with Gasteiger partial charge in [-0.25, -0.2) is 4.79 Å². The van der Waals surface area contributed by atoms with E-state index < -0.39 is 17.7 Å². The molecular weight excluding hydrogens is 196 g/mol. The largest absolute Gasteiger partial charge is 0.444 e. The molecule has 0 aromatic heterocycles. The number of hydrogen-bond donors (Lipinski definition) is 2. The van der Waals surface area contributed by atoms with E-state index in [0.29, 0.717) is 6.54 Å². The monoisotopic (exact) mass is 216 g/mol. The normalized spacial score (nSPS) is 12.9. The number of amides is 2. The number of carbonyl (C=O) groups is 2. The van der Waals surface area contributed by atoms with E-state index in [1.165, 1.54) is 0 Å². The van der Waals surface area contributed by atoms with Crippen molar-refractivity contribution in [2.24, 2.45) is 0 Å². The van der Waals surface area contributed by atoms with E-state index in [-0.39, 0.29) is 5.91 Å². The number of ether oxygens (including phenoxy) is 1. The van der Waals surface area contributed by atoms with Crippen molar-refractivity contribution in [3.63, 3.8) is 0 Å². The van der Waals surface area contributed by atoms with E-state index in [1.54, 1.807) is 27.7 Å². The van der Waals surface area contributed by atoms with Crippen LogP contribution in [0.5, 0.6) is 0 Å². The topological polar surface area (TPSA) is 67.4 Å². The summed E-state index contributed by atoms with van der Waals surface area (Å²) < 4.78 is 5.01. The van der Waals surface area contributed by atoms with Crippen molar-refractivity contribution < 1.29 is 14.3 Å². The average molecular weight is 216 g/mol. The van der Waals surface area contributed by atoms with Crippen LogP contribution in [-0.2, 0) is 9.53 Å². The Hall–Kier alpha value is -1.26. The molecule has 2 N–H and O–H groups in total. The van der Waals surface area contributed by atoms with E-state index >= 15 is 0 Å². The Morgan fingerprint density at radius 2 is 1.87 bits per heavy atom. The zero-order chi connectivity index (χ0) is 12.1. The lowest BCUT2D eigenvalue weighted by Gasteiger charge is -2.21. The molecule has 88 valence electrons. The summed E-state index contributed by atoms with van der Waals surface area (Å²) in [7, 11) is 0. The first-order valence-corrected chi connectivity index (χ1v) is 5.03. The summed E-state index contributed by atoms with van der Waals surface area (Å²) in [5.41, 5.74) is -0.551. The number of likely N-dealkylation sites (N-methyl/N-ethyl adjacent to an activating group) is 1. The van der Waals surface area contributed by atoms with Gasteiger partial charge in [-0.3, -0.25) is 4.79 Å². The summed E-state index contributed by atoms with van der Waals surface area (Å²) in [6.45, 7) is 9.27. The highest BCUT2D eigenvalue weighted by atomic mass is 16.6. The van der Waals surface area contributed by atoms with Gasteiger partial charge in [-0.2, -0.15) is 0 Å².